The zero-order chi connectivity index (χ0) is 23.1. The van der Waals surface area contributed by atoms with Gasteiger partial charge in [-0.15, -0.1) is 11.3 Å². The number of nitro benzene ring substituents is 1. The summed E-state index contributed by atoms with van der Waals surface area (Å²) in [6, 6.07) is 7.54. The highest BCUT2D eigenvalue weighted by molar-refractivity contribution is 7.13. The summed E-state index contributed by atoms with van der Waals surface area (Å²) in [6.45, 7) is 3.10. The van der Waals surface area contributed by atoms with Gasteiger partial charge in [0.15, 0.2) is 0 Å². The molecule has 0 N–H and O–H groups in total. The molecule has 0 spiro atoms. The molecular formula is C21H18N4O6S. The lowest BCUT2D eigenvalue weighted by Crippen LogP contribution is -2.32. The Morgan fingerprint density at radius 3 is 2.69 bits per heavy atom. The number of methoxy groups -OCH3 is 1. The molecule has 0 radical (unpaired) electrons. The van der Waals surface area contributed by atoms with Crippen molar-refractivity contribution >= 4 is 34.9 Å². The van der Waals surface area contributed by atoms with Crippen molar-refractivity contribution in [1.29, 1.82) is 0 Å². The number of benzene rings is 1. The topological polar surface area (TPSA) is 125 Å². The first kappa shape index (κ1) is 22.6. The van der Waals surface area contributed by atoms with Gasteiger partial charge < -0.3 is 9.47 Å². The summed E-state index contributed by atoms with van der Waals surface area (Å²) < 4.78 is 9.92. The summed E-state index contributed by atoms with van der Waals surface area (Å²) >= 11 is 1.27. The highest BCUT2D eigenvalue weighted by Gasteiger charge is 2.28. The molecule has 3 aromatic rings. The highest BCUT2D eigenvalue weighted by Crippen LogP contribution is 2.31. The second-order valence-electron chi connectivity index (χ2n) is 6.25. The molecule has 1 aromatic carbocycles. The lowest BCUT2D eigenvalue weighted by Gasteiger charge is -2.20. The number of ether oxygens (including phenoxy) is 2. The molecule has 2 aromatic heterocycles. The number of anilines is 1. The molecule has 3 rings (SSSR count). The van der Waals surface area contributed by atoms with E-state index in [1.165, 1.54) is 42.7 Å². The third-order valence-electron chi connectivity index (χ3n) is 4.31. The van der Waals surface area contributed by atoms with Crippen molar-refractivity contribution in [3.8, 4) is 10.6 Å². The standard InChI is InChI=1S/C21H18N4O6S/c1-3-11-31-21(27)24(18-13-32-19(23-18)14-7-9-22-10-8-14)12-16-15(20(26)30-2)5-4-6-17(16)25(28)29/h3-10,13H,1,11-12H2,2H3. The summed E-state index contributed by atoms with van der Waals surface area (Å²) in [5.41, 5.74) is 0.418. The fourth-order valence-corrected chi connectivity index (χ4v) is 3.65. The van der Waals surface area contributed by atoms with Crippen LogP contribution in [0.1, 0.15) is 15.9 Å². The lowest BCUT2D eigenvalue weighted by molar-refractivity contribution is -0.385. The van der Waals surface area contributed by atoms with E-state index in [9.17, 15) is 19.7 Å². The maximum absolute atomic E-state index is 12.8. The molecule has 0 saturated heterocycles. The first-order valence-corrected chi connectivity index (χ1v) is 10.1. The molecule has 0 fully saturated rings. The number of carbonyl (C=O) groups is 2. The van der Waals surface area contributed by atoms with Gasteiger partial charge in [0.05, 0.1) is 29.7 Å². The van der Waals surface area contributed by atoms with Crippen molar-refractivity contribution in [3.05, 3.63) is 82.0 Å². The normalized spacial score (nSPS) is 10.3. The molecule has 0 bridgehead atoms. The molecule has 32 heavy (non-hydrogen) atoms. The first-order valence-electron chi connectivity index (χ1n) is 9.22. The Balaban J connectivity index is 2.06. The summed E-state index contributed by atoms with van der Waals surface area (Å²) in [6.07, 6.45) is 3.82. The van der Waals surface area contributed by atoms with E-state index in [-0.39, 0.29) is 35.8 Å². The Morgan fingerprint density at radius 1 is 1.28 bits per heavy atom. The van der Waals surface area contributed by atoms with E-state index in [0.717, 1.165) is 10.5 Å². The van der Waals surface area contributed by atoms with E-state index in [1.807, 2.05) is 0 Å². The highest BCUT2D eigenvalue weighted by atomic mass is 32.1. The van der Waals surface area contributed by atoms with Crippen LogP contribution in [0.3, 0.4) is 0 Å². The van der Waals surface area contributed by atoms with Crippen LogP contribution < -0.4 is 4.90 Å². The Kier molecular flexibility index (Phi) is 7.24. The van der Waals surface area contributed by atoms with Gasteiger partial charge in [0.1, 0.15) is 17.4 Å². The van der Waals surface area contributed by atoms with Crippen LogP contribution in [-0.2, 0) is 16.0 Å². The number of aromatic nitrogens is 2. The van der Waals surface area contributed by atoms with E-state index in [2.05, 4.69) is 16.5 Å². The Morgan fingerprint density at radius 2 is 2.03 bits per heavy atom. The van der Waals surface area contributed by atoms with Crippen molar-refractivity contribution in [2.75, 3.05) is 18.6 Å². The second kappa shape index (κ2) is 10.3. The van der Waals surface area contributed by atoms with Crippen molar-refractivity contribution in [2.24, 2.45) is 0 Å². The number of thiazole rings is 1. The monoisotopic (exact) mass is 454 g/mol. The molecule has 0 saturated carbocycles. The second-order valence-corrected chi connectivity index (χ2v) is 7.11. The maximum atomic E-state index is 12.8. The van der Waals surface area contributed by atoms with Crippen LogP contribution in [0.4, 0.5) is 16.3 Å². The fourth-order valence-electron chi connectivity index (χ4n) is 2.83. The van der Waals surface area contributed by atoms with Gasteiger partial charge in [0.2, 0.25) is 0 Å². The summed E-state index contributed by atoms with van der Waals surface area (Å²) in [5.74, 6) is -0.552. The maximum Gasteiger partial charge on any atom is 0.416 e. The predicted octanol–water partition coefficient (Wildman–Crippen LogP) is 4.23. The van der Waals surface area contributed by atoms with Crippen LogP contribution in [0.2, 0.25) is 0 Å². The zero-order valence-electron chi connectivity index (χ0n) is 17.0. The van der Waals surface area contributed by atoms with Crippen molar-refractivity contribution in [2.45, 2.75) is 6.54 Å². The largest absolute Gasteiger partial charge is 0.465 e. The van der Waals surface area contributed by atoms with E-state index in [1.54, 1.807) is 29.9 Å². The third kappa shape index (κ3) is 4.95. The minimum atomic E-state index is -0.801. The SMILES string of the molecule is C=CCOC(=O)N(Cc1c(C(=O)OC)cccc1[N+](=O)[O-])c1csc(-c2ccncc2)n1. The zero-order valence-corrected chi connectivity index (χ0v) is 17.8. The predicted molar refractivity (Wildman–Crippen MR) is 118 cm³/mol. The average Bonchev–Trinajstić information content (AvgIpc) is 3.30. The van der Waals surface area contributed by atoms with E-state index in [0.29, 0.717) is 5.01 Å². The molecule has 10 nitrogen and oxygen atoms in total. The summed E-state index contributed by atoms with van der Waals surface area (Å²) in [7, 11) is 1.17. The van der Waals surface area contributed by atoms with Crippen LogP contribution in [0.5, 0.6) is 0 Å². The number of hydrogen-bond donors (Lipinski definition) is 0. The lowest BCUT2D eigenvalue weighted by atomic mass is 10.0. The van der Waals surface area contributed by atoms with Gasteiger partial charge in [-0.25, -0.2) is 14.6 Å². The van der Waals surface area contributed by atoms with Crippen LogP contribution in [0, 0.1) is 10.1 Å². The van der Waals surface area contributed by atoms with Gasteiger partial charge in [0.25, 0.3) is 5.69 Å². The van der Waals surface area contributed by atoms with E-state index in [4.69, 9.17) is 9.47 Å². The van der Waals surface area contributed by atoms with Crippen molar-refractivity contribution in [1.82, 2.24) is 9.97 Å². The van der Waals surface area contributed by atoms with Crippen LogP contribution >= 0.6 is 11.3 Å². The number of pyridine rings is 1. The van der Waals surface area contributed by atoms with Gasteiger partial charge in [-0.05, 0) is 18.2 Å². The number of rotatable bonds is 8. The number of esters is 1. The van der Waals surface area contributed by atoms with Gasteiger partial charge >= 0.3 is 12.1 Å². The molecule has 164 valence electrons. The number of nitrogens with zero attached hydrogens (tertiary/aromatic N) is 4. The molecule has 0 unspecified atom stereocenters. The number of hydrogen-bond acceptors (Lipinski definition) is 9. The third-order valence-corrected chi connectivity index (χ3v) is 5.19. The van der Waals surface area contributed by atoms with Crippen molar-refractivity contribution in [3.63, 3.8) is 0 Å². The quantitative estimate of drug-likeness (QED) is 0.214. The van der Waals surface area contributed by atoms with Gasteiger partial charge in [-0.1, -0.05) is 18.7 Å². The Labute approximate surface area is 186 Å². The number of amides is 1. The van der Waals surface area contributed by atoms with Crippen LogP contribution in [0.25, 0.3) is 10.6 Å². The van der Waals surface area contributed by atoms with Gasteiger partial charge in [-0.3, -0.25) is 20.0 Å². The number of carbonyl (C=O) groups excluding carboxylic acids is 2. The molecule has 0 aliphatic rings. The molecule has 2 heterocycles. The number of nitro groups is 1. The summed E-state index contributed by atoms with van der Waals surface area (Å²) in [4.78, 5) is 45.6. The molecule has 0 aliphatic heterocycles. The molecular weight excluding hydrogens is 436 g/mol. The van der Waals surface area contributed by atoms with Crippen molar-refractivity contribution < 1.29 is 24.0 Å². The fraction of sp³-hybridized carbons (Fsp3) is 0.143. The summed E-state index contributed by atoms with van der Waals surface area (Å²) in [5, 5.41) is 13.9. The first-order chi connectivity index (χ1) is 15.5. The van der Waals surface area contributed by atoms with Crippen LogP contribution in [0.15, 0.2) is 60.8 Å². The van der Waals surface area contributed by atoms with Gasteiger partial charge in [0, 0.05) is 29.4 Å². The average molecular weight is 454 g/mol. The minimum Gasteiger partial charge on any atom is -0.465 e. The van der Waals surface area contributed by atoms with Crippen LogP contribution in [-0.4, -0.2) is 40.7 Å². The van der Waals surface area contributed by atoms with Gasteiger partial charge in [-0.2, -0.15) is 0 Å². The molecule has 11 heteroatoms. The smallest absolute Gasteiger partial charge is 0.416 e. The van der Waals surface area contributed by atoms with E-state index >= 15 is 0 Å². The Bertz CT molecular complexity index is 1150. The minimum absolute atomic E-state index is 0.00151. The molecule has 0 aliphatic carbocycles. The Hall–Kier alpha value is -4.12. The van der Waals surface area contributed by atoms with E-state index < -0.39 is 17.0 Å². The molecule has 1 amide bonds. The molecule has 0 atom stereocenters.